The Balaban J connectivity index is 2.22. The van der Waals surface area contributed by atoms with E-state index in [1.807, 2.05) is 35.7 Å². The molecular formula is C18H17BrN2O. The second-order valence-electron chi connectivity index (χ2n) is 5.78. The maximum atomic E-state index is 11.6. The van der Waals surface area contributed by atoms with E-state index in [1.165, 1.54) is 5.56 Å². The normalized spacial score (nSPS) is 11.3. The summed E-state index contributed by atoms with van der Waals surface area (Å²) in [6, 6.07) is 10.3. The molecule has 4 heteroatoms. The molecule has 0 fully saturated rings. The molecule has 0 bridgehead atoms. The van der Waals surface area contributed by atoms with Gasteiger partial charge in [0.15, 0.2) is 6.29 Å². The summed E-state index contributed by atoms with van der Waals surface area (Å²) in [7, 11) is 0. The van der Waals surface area contributed by atoms with Crippen molar-refractivity contribution in [1.29, 1.82) is 0 Å². The second kappa shape index (κ2) is 5.69. The number of carbonyl (C=O) groups is 1. The monoisotopic (exact) mass is 356 g/mol. The van der Waals surface area contributed by atoms with Crippen molar-refractivity contribution in [2.45, 2.75) is 26.7 Å². The Labute approximate surface area is 138 Å². The van der Waals surface area contributed by atoms with Crippen molar-refractivity contribution in [2.24, 2.45) is 0 Å². The van der Waals surface area contributed by atoms with Gasteiger partial charge in [0.2, 0.25) is 0 Å². The average Bonchev–Trinajstić information content (AvgIpc) is 2.86. The standard InChI is InChI=1S/C18H17BrN2O/c1-11(2)13-4-6-14(7-5-13)17-16(10-22)21-9-15(19)8-12(3)18(21)20-17/h4-11H,1-3H3. The lowest BCUT2D eigenvalue weighted by atomic mass is 10.0. The van der Waals surface area contributed by atoms with Gasteiger partial charge in [-0.2, -0.15) is 0 Å². The van der Waals surface area contributed by atoms with Crippen molar-refractivity contribution in [1.82, 2.24) is 9.38 Å². The Morgan fingerprint density at radius 1 is 1.23 bits per heavy atom. The van der Waals surface area contributed by atoms with Crippen LogP contribution in [-0.4, -0.2) is 15.7 Å². The molecular weight excluding hydrogens is 340 g/mol. The number of imidazole rings is 1. The number of aldehydes is 1. The Bertz CT molecular complexity index is 848. The lowest BCUT2D eigenvalue weighted by molar-refractivity contribution is 0.111. The summed E-state index contributed by atoms with van der Waals surface area (Å²) in [5.41, 5.74) is 5.39. The second-order valence-corrected chi connectivity index (χ2v) is 6.69. The van der Waals surface area contributed by atoms with Gasteiger partial charge in [0.1, 0.15) is 17.0 Å². The van der Waals surface area contributed by atoms with Gasteiger partial charge in [-0.25, -0.2) is 4.98 Å². The van der Waals surface area contributed by atoms with E-state index in [4.69, 9.17) is 0 Å². The molecule has 0 N–H and O–H groups in total. The van der Waals surface area contributed by atoms with Crippen LogP contribution in [-0.2, 0) is 0 Å². The Morgan fingerprint density at radius 3 is 2.50 bits per heavy atom. The molecule has 0 amide bonds. The zero-order chi connectivity index (χ0) is 15.9. The first kappa shape index (κ1) is 15.0. The van der Waals surface area contributed by atoms with E-state index in [-0.39, 0.29) is 0 Å². The van der Waals surface area contributed by atoms with Gasteiger partial charge in [-0.3, -0.25) is 9.20 Å². The summed E-state index contributed by atoms with van der Waals surface area (Å²) in [5.74, 6) is 0.485. The third kappa shape index (κ3) is 2.48. The third-order valence-corrected chi connectivity index (χ3v) is 4.30. The van der Waals surface area contributed by atoms with Crippen LogP contribution in [0.25, 0.3) is 16.9 Å². The van der Waals surface area contributed by atoms with Crippen molar-refractivity contribution in [3.8, 4) is 11.3 Å². The Hall–Kier alpha value is -1.94. The molecule has 3 rings (SSSR count). The van der Waals surface area contributed by atoms with Crippen LogP contribution in [0.5, 0.6) is 0 Å². The fourth-order valence-electron chi connectivity index (χ4n) is 2.64. The molecule has 0 atom stereocenters. The van der Waals surface area contributed by atoms with Crippen LogP contribution < -0.4 is 0 Å². The molecule has 1 aromatic carbocycles. The molecule has 3 nitrogen and oxygen atoms in total. The van der Waals surface area contributed by atoms with Crippen molar-refractivity contribution < 1.29 is 4.79 Å². The van der Waals surface area contributed by atoms with Crippen molar-refractivity contribution in [3.63, 3.8) is 0 Å². The minimum Gasteiger partial charge on any atom is -0.296 e. The first-order valence-corrected chi connectivity index (χ1v) is 8.04. The molecule has 0 saturated heterocycles. The number of aryl methyl sites for hydroxylation is 1. The maximum absolute atomic E-state index is 11.6. The minimum atomic E-state index is 0.485. The summed E-state index contributed by atoms with van der Waals surface area (Å²) >= 11 is 3.47. The number of pyridine rings is 1. The summed E-state index contributed by atoms with van der Waals surface area (Å²) in [4.78, 5) is 16.3. The Kier molecular flexibility index (Phi) is 3.87. The van der Waals surface area contributed by atoms with Crippen molar-refractivity contribution in [2.75, 3.05) is 0 Å². The van der Waals surface area contributed by atoms with E-state index < -0.39 is 0 Å². The largest absolute Gasteiger partial charge is 0.296 e. The predicted octanol–water partition coefficient (Wildman–Crippen LogP) is 5.01. The molecule has 112 valence electrons. The number of benzene rings is 1. The topological polar surface area (TPSA) is 34.4 Å². The average molecular weight is 357 g/mol. The van der Waals surface area contributed by atoms with Gasteiger partial charge in [-0.15, -0.1) is 0 Å². The van der Waals surface area contributed by atoms with Crippen LogP contribution >= 0.6 is 15.9 Å². The molecule has 22 heavy (non-hydrogen) atoms. The number of aromatic nitrogens is 2. The summed E-state index contributed by atoms with van der Waals surface area (Å²) in [6.45, 7) is 6.32. The molecule has 0 spiro atoms. The van der Waals surface area contributed by atoms with Crippen LogP contribution in [0.4, 0.5) is 0 Å². The molecule has 0 aliphatic rings. The van der Waals surface area contributed by atoms with E-state index in [9.17, 15) is 4.79 Å². The molecule has 2 heterocycles. The van der Waals surface area contributed by atoms with Crippen LogP contribution in [0.1, 0.15) is 41.4 Å². The highest BCUT2D eigenvalue weighted by Gasteiger charge is 2.15. The minimum absolute atomic E-state index is 0.485. The highest BCUT2D eigenvalue weighted by Crippen LogP contribution is 2.28. The number of halogens is 1. The highest BCUT2D eigenvalue weighted by molar-refractivity contribution is 9.10. The molecule has 3 aromatic rings. The van der Waals surface area contributed by atoms with E-state index >= 15 is 0 Å². The zero-order valence-corrected chi connectivity index (χ0v) is 14.4. The molecule has 0 saturated carbocycles. The number of nitrogens with zero attached hydrogens (tertiary/aromatic N) is 2. The molecule has 0 aliphatic heterocycles. The van der Waals surface area contributed by atoms with Gasteiger partial charge in [0.25, 0.3) is 0 Å². The summed E-state index contributed by atoms with van der Waals surface area (Å²) in [6.07, 6.45) is 2.75. The predicted molar refractivity (Wildman–Crippen MR) is 92.5 cm³/mol. The van der Waals surface area contributed by atoms with Crippen LogP contribution in [0, 0.1) is 6.92 Å². The zero-order valence-electron chi connectivity index (χ0n) is 12.8. The van der Waals surface area contributed by atoms with Gasteiger partial charge < -0.3 is 0 Å². The number of hydrogen-bond acceptors (Lipinski definition) is 2. The first-order chi connectivity index (χ1) is 10.5. The molecule has 0 unspecified atom stereocenters. The fraction of sp³-hybridized carbons (Fsp3) is 0.222. The highest BCUT2D eigenvalue weighted by atomic mass is 79.9. The van der Waals surface area contributed by atoms with Gasteiger partial charge in [-0.05, 0) is 46.0 Å². The molecule has 2 aromatic heterocycles. The van der Waals surface area contributed by atoms with Gasteiger partial charge in [0, 0.05) is 16.2 Å². The lowest BCUT2D eigenvalue weighted by Crippen LogP contribution is -1.94. The smallest absolute Gasteiger partial charge is 0.169 e. The van der Waals surface area contributed by atoms with Crippen LogP contribution in [0.2, 0.25) is 0 Å². The quantitative estimate of drug-likeness (QED) is 0.618. The molecule has 0 radical (unpaired) electrons. The van der Waals surface area contributed by atoms with Gasteiger partial charge in [0.05, 0.1) is 0 Å². The maximum Gasteiger partial charge on any atom is 0.169 e. The summed E-state index contributed by atoms with van der Waals surface area (Å²) < 4.78 is 2.78. The van der Waals surface area contributed by atoms with E-state index in [0.29, 0.717) is 11.6 Å². The van der Waals surface area contributed by atoms with E-state index in [2.05, 4.69) is 46.9 Å². The number of hydrogen-bond donors (Lipinski definition) is 0. The number of fused-ring (bicyclic) bond motifs is 1. The van der Waals surface area contributed by atoms with Crippen LogP contribution in [0.15, 0.2) is 41.0 Å². The van der Waals surface area contributed by atoms with E-state index in [0.717, 1.165) is 33.2 Å². The fourth-order valence-corrected chi connectivity index (χ4v) is 3.19. The number of carbonyl (C=O) groups excluding carboxylic acids is 1. The first-order valence-electron chi connectivity index (χ1n) is 7.25. The molecule has 0 aliphatic carbocycles. The number of rotatable bonds is 3. The third-order valence-electron chi connectivity index (χ3n) is 3.87. The van der Waals surface area contributed by atoms with E-state index in [1.54, 1.807) is 0 Å². The van der Waals surface area contributed by atoms with Crippen molar-refractivity contribution >= 4 is 27.9 Å². The van der Waals surface area contributed by atoms with Gasteiger partial charge in [-0.1, -0.05) is 38.1 Å². The Morgan fingerprint density at radius 2 is 1.91 bits per heavy atom. The summed E-state index contributed by atoms with van der Waals surface area (Å²) in [5, 5.41) is 0. The SMILES string of the molecule is Cc1cc(Br)cn2c(C=O)c(-c3ccc(C(C)C)cc3)nc12. The van der Waals surface area contributed by atoms with Crippen molar-refractivity contribution in [3.05, 3.63) is 57.8 Å². The lowest BCUT2D eigenvalue weighted by Gasteiger charge is -2.06. The van der Waals surface area contributed by atoms with Gasteiger partial charge >= 0.3 is 0 Å². The van der Waals surface area contributed by atoms with Crippen LogP contribution in [0.3, 0.4) is 0 Å².